The number of aryl methyl sites for hydroxylation is 1. The van der Waals surface area contributed by atoms with Gasteiger partial charge in [-0.15, -0.1) is 5.10 Å². The van der Waals surface area contributed by atoms with E-state index in [1.165, 1.54) is 35.2 Å². The molecule has 1 aliphatic carbocycles. The second-order valence-corrected chi connectivity index (χ2v) is 9.31. The lowest BCUT2D eigenvalue weighted by Gasteiger charge is -2.14. The van der Waals surface area contributed by atoms with Crippen molar-refractivity contribution in [3.05, 3.63) is 60.0 Å². The van der Waals surface area contributed by atoms with Crippen molar-refractivity contribution >= 4 is 29.0 Å². The van der Waals surface area contributed by atoms with Crippen LogP contribution in [0.15, 0.2) is 48.9 Å². The molecule has 0 aliphatic heterocycles. The Hall–Kier alpha value is -4.88. The van der Waals surface area contributed by atoms with Crippen LogP contribution in [0.3, 0.4) is 0 Å². The minimum Gasteiger partial charge on any atom is -0.434 e. The molecule has 11 nitrogen and oxygen atoms in total. The van der Waals surface area contributed by atoms with Crippen molar-refractivity contribution in [1.82, 2.24) is 24.9 Å². The van der Waals surface area contributed by atoms with Crippen LogP contribution >= 0.6 is 0 Å². The summed E-state index contributed by atoms with van der Waals surface area (Å²) in [4.78, 5) is 32.3. The highest BCUT2D eigenvalue weighted by Crippen LogP contribution is 2.32. The van der Waals surface area contributed by atoms with Gasteiger partial charge in [-0.05, 0) is 43.5 Å². The highest BCUT2D eigenvalue weighted by atomic mass is 19.4. The van der Waals surface area contributed by atoms with Gasteiger partial charge in [-0.1, -0.05) is 6.07 Å². The van der Waals surface area contributed by atoms with Crippen molar-refractivity contribution in [1.29, 1.82) is 0 Å². The van der Waals surface area contributed by atoms with Gasteiger partial charge in [0, 0.05) is 36.0 Å². The SMILES string of the molecule is Cc1cc(-c2cnc3c(NCCC(F)(F)F)cc(Oc4cnccc4NC(N)=O)nn23)ccc1C(=O)NC1CC1. The van der Waals surface area contributed by atoms with E-state index in [9.17, 15) is 22.8 Å². The highest BCUT2D eigenvalue weighted by molar-refractivity contribution is 5.96. The molecule has 0 saturated heterocycles. The number of halogens is 3. The molecule has 208 valence electrons. The number of pyridine rings is 1. The topological polar surface area (TPSA) is 149 Å². The predicted octanol–water partition coefficient (Wildman–Crippen LogP) is 4.64. The Morgan fingerprint density at radius 3 is 2.65 bits per heavy atom. The number of imidazole rings is 1. The van der Waals surface area contributed by atoms with E-state index in [1.54, 1.807) is 12.1 Å². The average Bonchev–Trinajstić information content (AvgIpc) is 3.59. The molecule has 3 heterocycles. The zero-order valence-electron chi connectivity index (χ0n) is 21.2. The minimum atomic E-state index is -4.35. The number of fused-ring (bicyclic) bond motifs is 1. The van der Waals surface area contributed by atoms with Gasteiger partial charge in [0.15, 0.2) is 11.4 Å². The Kier molecular flexibility index (Phi) is 7.15. The Bertz CT molecular complexity index is 1580. The molecule has 3 amide bonds. The summed E-state index contributed by atoms with van der Waals surface area (Å²) < 4.78 is 45.8. The van der Waals surface area contributed by atoms with E-state index in [0.717, 1.165) is 18.4 Å². The van der Waals surface area contributed by atoms with E-state index >= 15 is 0 Å². The van der Waals surface area contributed by atoms with Crippen LogP contribution in [0.1, 0.15) is 35.2 Å². The molecule has 5 rings (SSSR count). The molecule has 1 aliphatic rings. The fraction of sp³-hybridized carbons (Fsp3) is 0.269. The highest BCUT2D eigenvalue weighted by Gasteiger charge is 2.27. The molecule has 1 saturated carbocycles. The summed E-state index contributed by atoms with van der Waals surface area (Å²) in [6, 6.07) is 7.54. The predicted molar refractivity (Wildman–Crippen MR) is 140 cm³/mol. The molecule has 0 radical (unpaired) electrons. The van der Waals surface area contributed by atoms with Crippen molar-refractivity contribution in [2.75, 3.05) is 17.2 Å². The lowest BCUT2D eigenvalue weighted by atomic mass is 10.0. The van der Waals surface area contributed by atoms with Gasteiger partial charge >= 0.3 is 12.2 Å². The number of aromatic nitrogens is 4. The molecule has 0 unspecified atom stereocenters. The fourth-order valence-corrected chi connectivity index (χ4v) is 4.04. The van der Waals surface area contributed by atoms with Crippen molar-refractivity contribution in [2.45, 2.75) is 38.4 Å². The summed E-state index contributed by atoms with van der Waals surface area (Å²) in [6.07, 6.45) is 0.806. The van der Waals surface area contributed by atoms with Gasteiger partial charge < -0.3 is 26.4 Å². The molecule has 0 atom stereocenters. The number of alkyl halides is 3. The number of anilines is 2. The molecular weight excluding hydrogens is 529 g/mol. The van der Waals surface area contributed by atoms with Crippen LogP contribution in [0.2, 0.25) is 0 Å². The normalized spacial score (nSPS) is 13.2. The van der Waals surface area contributed by atoms with Gasteiger partial charge in [0.2, 0.25) is 5.88 Å². The number of amides is 3. The maximum absolute atomic E-state index is 12.8. The number of nitrogens with two attached hydrogens (primary N) is 1. The van der Waals surface area contributed by atoms with E-state index in [-0.39, 0.29) is 40.6 Å². The third-order valence-corrected chi connectivity index (χ3v) is 6.11. The standard InChI is InChI=1S/C26H25F3N8O3/c1-14-10-15(2-5-17(14)24(38)34-16-3-4-16)20-12-33-23-19(32-9-7-26(27,28)29)11-22(36-37(20)23)40-21-13-31-8-6-18(21)35-25(30)39/h2,5-6,8,10-13,16,32H,3-4,7,9H2,1H3,(H,34,38)(H3,30,31,35,39). The Balaban J connectivity index is 1.52. The molecule has 1 fully saturated rings. The molecule has 0 bridgehead atoms. The van der Waals surface area contributed by atoms with E-state index in [4.69, 9.17) is 10.5 Å². The second kappa shape index (κ2) is 10.7. The number of primary amides is 1. The van der Waals surface area contributed by atoms with Gasteiger partial charge in [0.25, 0.3) is 5.91 Å². The van der Waals surface area contributed by atoms with Crippen LogP contribution in [0, 0.1) is 6.92 Å². The Morgan fingerprint density at radius 1 is 1.15 bits per heavy atom. The van der Waals surface area contributed by atoms with E-state index < -0.39 is 25.2 Å². The summed E-state index contributed by atoms with van der Waals surface area (Å²) in [7, 11) is 0. The Morgan fingerprint density at radius 2 is 1.95 bits per heavy atom. The first kappa shape index (κ1) is 26.7. The molecule has 14 heteroatoms. The maximum Gasteiger partial charge on any atom is 0.390 e. The van der Waals surface area contributed by atoms with Crippen LogP contribution in [0.5, 0.6) is 11.6 Å². The van der Waals surface area contributed by atoms with E-state index in [1.807, 2.05) is 13.0 Å². The smallest absolute Gasteiger partial charge is 0.390 e. The largest absolute Gasteiger partial charge is 0.434 e. The van der Waals surface area contributed by atoms with Crippen molar-refractivity contribution < 1.29 is 27.5 Å². The summed E-state index contributed by atoms with van der Waals surface area (Å²) >= 11 is 0. The molecule has 1 aromatic carbocycles. The van der Waals surface area contributed by atoms with E-state index in [0.29, 0.717) is 16.8 Å². The zero-order valence-corrected chi connectivity index (χ0v) is 21.2. The number of hydrogen-bond acceptors (Lipinski definition) is 7. The van der Waals surface area contributed by atoms with Gasteiger partial charge in [-0.2, -0.15) is 13.2 Å². The van der Waals surface area contributed by atoms with Crippen molar-refractivity contribution in [3.8, 4) is 22.9 Å². The van der Waals surface area contributed by atoms with Crippen LogP contribution in [0.25, 0.3) is 16.9 Å². The summed E-state index contributed by atoms with van der Waals surface area (Å²) in [6.45, 7) is 1.41. The number of hydrogen-bond donors (Lipinski definition) is 4. The van der Waals surface area contributed by atoms with Crippen LogP contribution in [-0.4, -0.2) is 50.3 Å². The van der Waals surface area contributed by atoms with Crippen LogP contribution < -0.4 is 26.4 Å². The molecule has 40 heavy (non-hydrogen) atoms. The average molecular weight is 555 g/mol. The first-order chi connectivity index (χ1) is 19.1. The first-order valence-electron chi connectivity index (χ1n) is 12.4. The number of benzene rings is 1. The number of carbonyl (C=O) groups is 2. The van der Waals surface area contributed by atoms with Crippen molar-refractivity contribution in [3.63, 3.8) is 0 Å². The molecule has 5 N–H and O–H groups in total. The molecular formula is C26H25F3N8O3. The third-order valence-electron chi connectivity index (χ3n) is 6.11. The van der Waals surface area contributed by atoms with Crippen molar-refractivity contribution in [2.24, 2.45) is 5.73 Å². The number of ether oxygens (including phenoxy) is 1. The first-order valence-corrected chi connectivity index (χ1v) is 12.4. The lowest BCUT2D eigenvalue weighted by molar-refractivity contribution is -0.131. The second-order valence-electron chi connectivity index (χ2n) is 9.31. The monoisotopic (exact) mass is 554 g/mol. The van der Waals surface area contributed by atoms with Gasteiger partial charge in [0.1, 0.15) is 0 Å². The van der Waals surface area contributed by atoms with Gasteiger partial charge in [-0.3, -0.25) is 9.78 Å². The molecule has 0 spiro atoms. The quantitative estimate of drug-likeness (QED) is 0.236. The number of nitrogens with one attached hydrogen (secondary N) is 3. The number of nitrogens with zero attached hydrogens (tertiary/aromatic N) is 4. The summed E-state index contributed by atoms with van der Waals surface area (Å²) in [5.74, 6) is -0.0524. The van der Waals surface area contributed by atoms with Crippen LogP contribution in [-0.2, 0) is 0 Å². The third kappa shape index (κ3) is 6.22. The van der Waals surface area contributed by atoms with Crippen LogP contribution in [0.4, 0.5) is 29.3 Å². The number of urea groups is 1. The summed E-state index contributed by atoms with van der Waals surface area (Å²) in [5, 5.41) is 12.6. The molecule has 4 aromatic rings. The zero-order chi connectivity index (χ0) is 28.4. The minimum absolute atomic E-state index is 0.0149. The lowest BCUT2D eigenvalue weighted by Crippen LogP contribution is -2.26. The number of carbonyl (C=O) groups excluding carboxylic acids is 2. The Labute approximate surface area is 225 Å². The maximum atomic E-state index is 12.8. The molecule has 3 aromatic heterocycles. The fourth-order valence-electron chi connectivity index (χ4n) is 4.04. The summed E-state index contributed by atoms with van der Waals surface area (Å²) in [5.41, 5.74) is 8.43. The van der Waals surface area contributed by atoms with Gasteiger partial charge in [-0.25, -0.2) is 14.3 Å². The van der Waals surface area contributed by atoms with Gasteiger partial charge in [0.05, 0.1) is 35.9 Å². The van der Waals surface area contributed by atoms with E-state index in [2.05, 4.69) is 31.0 Å². The number of rotatable bonds is 9.